The zero-order chi connectivity index (χ0) is 51.6. The summed E-state index contributed by atoms with van der Waals surface area (Å²) in [4.78, 5) is 49.9. The van der Waals surface area contributed by atoms with Crippen molar-refractivity contribution in [3.05, 3.63) is 106 Å². The Labute approximate surface area is 424 Å². The van der Waals surface area contributed by atoms with Gasteiger partial charge in [0.25, 0.3) is 21.6 Å². The molecule has 5 aliphatic rings. The van der Waals surface area contributed by atoms with Crippen LogP contribution in [0.15, 0.2) is 78.0 Å². The Hall–Kier alpha value is -6.35. The smallest absolute Gasteiger partial charge is 0.297 e. The number of carbonyl (C=O) groups is 2. The summed E-state index contributed by atoms with van der Waals surface area (Å²) >= 11 is 0. The summed E-state index contributed by atoms with van der Waals surface area (Å²) in [5, 5.41) is 31.2. The fourth-order valence-electron chi connectivity index (χ4n) is 11.6. The van der Waals surface area contributed by atoms with E-state index in [1.807, 2.05) is 18.7 Å². The van der Waals surface area contributed by atoms with Crippen molar-refractivity contribution in [2.75, 3.05) is 62.6 Å². The number of pyridine rings is 1. The summed E-state index contributed by atoms with van der Waals surface area (Å²) < 4.78 is 57.1. The first-order valence-electron chi connectivity index (χ1n) is 25.4. The van der Waals surface area contributed by atoms with E-state index in [1.165, 1.54) is 35.7 Å². The van der Waals surface area contributed by atoms with Crippen molar-refractivity contribution in [3.63, 3.8) is 0 Å². The van der Waals surface area contributed by atoms with Crippen LogP contribution in [0.2, 0.25) is 0 Å². The molecule has 2 amide bonds. The van der Waals surface area contributed by atoms with Crippen LogP contribution < -0.4 is 24.4 Å². The molecule has 3 saturated heterocycles. The molecule has 1 spiro atoms. The molecule has 5 aromatic rings. The van der Waals surface area contributed by atoms with Gasteiger partial charge in [0.05, 0.1) is 44.7 Å². The predicted octanol–water partition coefficient (Wildman–Crippen LogP) is 8.12. The Balaban J connectivity index is 0.863. The lowest BCUT2D eigenvalue weighted by Crippen LogP contribution is -2.68. The van der Waals surface area contributed by atoms with Crippen molar-refractivity contribution >= 4 is 49.9 Å². The Bertz CT molecular complexity index is 3050. The van der Waals surface area contributed by atoms with Gasteiger partial charge < -0.3 is 34.7 Å². The number of aliphatic hydroxyl groups is 1. The van der Waals surface area contributed by atoms with Crippen LogP contribution in [0.5, 0.6) is 17.2 Å². The van der Waals surface area contributed by atoms with E-state index in [1.54, 1.807) is 19.1 Å². The van der Waals surface area contributed by atoms with Gasteiger partial charge in [0.1, 0.15) is 29.6 Å². The second-order valence-electron chi connectivity index (χ2n) is 21.6. The van der Waals surface area contributed by atoms with Gasteiger partial charge in [0.2, 0.25) is 5.91 Å². The minimum Gasteiger partial charge on any atom is -0.489 e. The van der Waals surface area contributed by atoms with Gasteiger partial charge in [-0.15, -0.1) is 0 Å². The molecule has 1 saturated carbocycles. The van der Waals surface area contributed by atoms with Crippen LogP contribution in [0.1, 0.15) is 107 Å². The van der Waals surface area contributed by atoms with Crippen LogP contribution in [0, 0.1) is 33.2 Å². The third-order valence-electron chi connectivity index (χ3n) is 15.8. The number of aromatic amines is 1. The third-order valence-corrected chi connectivity index (χ3v) is 17.1. The molecule has 3 aromatic carbocycles. The highest BCUT2D eigenvalue weighted by Crippen LogP contribution is 2.47. The number of ether oxygens (including phenoxy) is 2. The number of fused-ring (bicyclic) bond motifs is 2. The standard InChI is InChI=1S/C53H64FN9O9S/c1-32(2)38-8-6-7-9-39(38)45-28-60(51(65)33(3)4)20-21-62(45)61-30-53(31-61)16-18-59(19-17-53)35-10-11-40(46(22-35)72-36-23-41-42(54)27-56-49(41)55-26-36)50(64)58-73(69,70)37-24-44(63(67)68)48-47(25-37)71-29-43(57-48)34-12-14-52(5,66)15-13-34/h6-11,22-27,32-34,43,45,57,66H,12-21,28-31H2,1-5H3,(H,55,56)(H,58,64)/t34?,43-,45-,52?/m1/s1. The van der Waals surface area contributed by atoms with Crippen molar-refractivity contribution in [2.24, 2.45) is 17.3 Å². The predicted molar refractivity (Wildman–Crippen MR) is 273 cm³/mol. The highest BCUT2D eigenvalue weighted by atomic mass is 32.2. The van der Waals surface area contributed by atoms with Gasteiger partial charge in [0, 0.05) is 87.2 Å². The zero-order valence-electron chi connectivity index (χ0n) is 41.9. The molecule has 0 bridgehead atoms. The number of rotatable bonds is 12. The highest BCUT2D eigenvalue weighted by Gasteiger charge is 2.49. The summed E-state index contributed by atoms with van der Waals surface area (Å²) in [7, 11) is -4.75. The number of hydrazine groups is 1. The Morgan fingerprint density at radius 1 is 1.00 bits per heavy atom. The summed E-state index contributed by atoms with van der Waals surface area (Å²) in [6.45, 7) is 15.4. The maximum atomic E-state index is 14.7. The molecule has 0 radical (unpaired) electrons. The number of anilines is 2. The van der Waals surface area contributed by atoms with Crippen molar-refractivity contribution < 1.29 is 41.9 Å². The van der Waals surface area contributed by atoms with Gasteiger partial charge >= 0.3 is 0 Å². The molecular weight excluding hydrogens is 958 g/mol. The van der Waals surface area contributed by atoms with Crippen LogP contribution in [0.4, 0.5) is 21.5 Å². The molecule has 18 nitrogen and oxygen atoms in total. The van der Waals surface area contributed by atoms with Gasteiger partial charge in [-0.3, -0.25) is 19.7 Å². The maximum absolute atomic E-state index is 14.7. The van der Waals surface area contributed by atoms with Gasteiger partial charge in [-0.05, 0) is 86.6 Å². The fourth-order valence-corrected chi connectivity index (χ4v) is 12.6. The second-order valence-corrected chi connectivity index (χ2v) is 23.3. The molecule has 20 heteroatoms. The van der Waals surface area contributed by atoms with E-state index in [0.717, 1.165) is 50.3 Å². The van der Waals surface area contributed by atoms with E-state index < -0.39 is 42.9 Å². The van der Waals surface area contributed by atoms with Crippen molar-refractivity contribution in [2.45, 2.75) is 102 Å². The van der Waals surface area contributed by atoms with E-state index in [4.69, 9.17) is 9.47 Å². The van der Waals surface area contributed by atoms with Crippen molar-refractivity contribution in [1.82, 2.24) is 29.6 Å². The molecule has 73 heavy (non-hydrogen) atoms. The Morgan fingerprint density at radius 3 is 2.45 bits per heavy atom. The van der Waals surface area contributed by atoms with E-state index >= 15 is 0 Å². The monoisotopic (exact) mass is 1020 g/mol. The SMILES string of the molecule is CC(C)C(=O)N1CCN(N2CC3(CCN(c4ccc(C(=O)NS(=O)(=O)c5cc6c(c([N+](=O)[O-])c5)N[C@@H](C5CCC(C)(O)CC5)CO6)c(Oc5cnc6[nH]cc(F)c6c5)c4)CC3)C2)[C@@H](c2ccccc2C(C)C)C1. The molecular formula is C53H64FN9O9S. The minimum absolute atomic E-state index is 0.0144. The number of nitro benzene ring substituents is 1. The molecule has 4 aliphatic heterocycles. The van der Waals surface area contributed by atoms with Gasteiger partial charge in [-0.1, -0.05) is 52.0 Å². The number of halogens is 1. The van der Waals surface area contributed by atoms with Crippen LogP contribution in [-0.2, 0) is 14.8 Å². The number of nitro groups is 1. The average Bonchev–Trinajstić information content (AvgIpc) is 3.73. The molecule has 388 valence electrons. The maximum Gasteiger partial charge on any atom is 0.297 e. The van der Waals surface area contributed by atoms with Crippen LogP contribution >= 0.6 is 0 Å². The number of amides is 2. The first-order chi connectivity index (χ1) is 34.8. The molecule has 6 heterocycles. The first kappa shape index (κ1) is 50.2. The summed E-state index contributed by atoms with van der Waals surface area (Å²) in [5.41, 5.74) is 2.22. The topological polar surface area (TPSA) is 216 Å². The molecule has 4 fully saturated rings. The average molecular weight is 1020 g/mol. The van der Waals surface area contributed by atoms with Gasteiger partial charge in [-0.25, -0.2) is 32.5 Å². The number of hydrogen-bond acceptors (Lipinski definition) is 14. The van der Waals surface area contributed by atoms with Gasteiger partial charge in [0.15, 0.2) is 11.4 Å². The number of nitrogens with zero attached hydrogens (tertiary/aromatic N) is 6. The number of benzene rings is 3. The largest absolute Gasteiger partial charge is 0.489 e. The first-order valence-corrected chi connectivity index (χ1v) is 26.9. The number of hydrogen-bond donors (Lipinski definition) is 4. The summed E-state index contributed by atoms with van der Waals surface area (Å²) in [6.07, 6.45) is 6.85. The minimum atomic E-state index is -4.75. The molecule has 4 N–H and O–H groups in total. The van der Waals surface area contributed by atoms with Crippen molar-refractivity contribution in [1.29, 1.82) is 0 Å². The normalized spacial score (nSPS) is 23.4. The van der Waals surface area contributed by atoms with Crippen LogP contribution in [-0.4, -0.2) is 119 Å². The van der Waals surface area contributed by atoms with E-state index in [0.29, 0.717) is 57.8 Å². The lowest BCUT2D eigenvalue weighted by atomic mass is 9.72. The number of aromatic nitrogens is 2. The zero-order valence-corrected chi connectivity index (χ0v) is 42.7. The summed E-state index contributed by atoms with van der Waals surface area (Å²) in [6, 6.07) is 16.7. The lowest BCUT2D eigenvalue weighted by molar-refractivity contribution is -0.384. The van der Waals surface area contributed by atoms with E-state index in [-0.39, 0.29) is 81.4 Å². The quantitative estimate of drug-likeness (QED) is 0.0686. The van der Waals surface area contributed by atoms with Crippen LogP contribution in [0.25, 0.3) is 11.0 Å². The summed E-state index contributed by atoms with van der Waals surface area (Å²) in [5.74, 6) is -1.08. The number of piperazine rings is 1. The van der Waals surface area contributed by atoms with E-state index in [2.05, 4.69) is 73.0 Å². The van der Waals surface area contributed by atoms with E-state index in [9.17, 15) is 37.6 Å². The number of sulfonamides is 1. The van der Waals surface area contributed by atoms with Crippen molar-refractivity contribution in [3.8, 4) is 17.2 Å². The lowest BCUT2D eigenvalue weighted by Gasteiger charge is -2.60. The molecule has 1 aliphatic carbocycles. The molecule has 2 atom stereocenters. The number of carbonyl (C=O) groups excluding carboxylic acids is 2. The van der Waals surface area contributed by atoms with Gasteiger partial charge in [-0.2, -0.15) is 0 Å². The number of nitrogens with one attached hydrogen (secondary N) is 3. The second kappa shape index (κ2) is 19.5. The number of piperidine rings is 1. The highest BCUT2D eigenvalue weighted by molar-refractivity contribution is 7.90. The third kappa shape index (κ3) is 10.1. The molecule has 2 aromatic heterocycles. The Morgan fingerprint density at radius 2 is 1.74 bits per heavy atom. The molecule has 10 rings (SSSR count). The number of H-pyrrole nitrogens is 1. The fraction of sp³-hybridized carbons (Fsp3) is 0.491. The molecule has 0 unspecified atom stereocenters. The van der Waals surface area contributed by atoms with Crippen LogP contribution in [0.3, 0.4) is 0 Å². The Kier molecular flexibility index (Phi) is 13.4.